The van der Waals surface area contributed by atoms with Gasteiger partial charge in [0.05, 0.1) is 11.4 Å². The number of nitrogens with zero attached hydrogens (tertiary/aromatic N) is 5. The van der Waals surface area contributed by atoms with E-state index >= 15 is 0 Å². The number of aryl methyl sites for hydroxylation is 4. The minimum absolute atomic E-state index is 0. The number of rotatable bonds is 7. The number of fused-ring (bicyclic) bond motifs is 1. The number of phenols is 1. The number of hydrogen-bond acceptors (Lipinski definition) is 6. The summed E-state index contributed by atoms with van der Waals surface area (Å²) in [6.45, 7) is 8.05. The van der Waals surface area contributed by atoms with E-state index in [2.05, 4.69) is 106 Å². The fourth-order valence-electron chi connectivity index (χ4n) is 6.91. The maximum atomic E-state index is 11.0. The van der Waals surface area contributed by atoms with Crippen LogP contribution < -0.4 is 4.90 Å². The Bertz CT molecular complexity index is 2560. The van der Waals surface area contributed by atoms with Crippen LogP contribution in [0.2, 0.25) is 0 Å². The van der Waals surface area contributed by atoms with E-state index in [1.54, 1.807) is 6.07 Å². The second-order valence-electron chi connectivity index (χ2n) is 13.1. The van der Waals surface area contributed by atoms with Crippen molar-refractivity contribution in [3.8, 4) is 50.5 Å². The number of anilines is 3. The molecule has 53 heavy (non-hydrogen) atoms. The van der Waals surface area contributed by atoms with Crippen molar-refractivity contribution in [2.24, 2.45) is 0 Å². The van der Waals surface area contributed by atoms with Gasteiger partial charge in [-0.05, 0) is 122 Å². The number of phenolic OH excluding ortho intramolecular Hbond substituents is 1. The predicted molar refractivity (Wildman–Crippen MR) is 211 cm³/mol. The topological polar surface area (TPSA) is 75.0 Å². The van der Waals surface area contributed by atoms with Gasteiger partial charge in [-0.25, -0.2) is 4.98 Å². The van der Waals surface area contributed by atoms with Crippen molar-refractivity contribution >= 4 is 28.0 Å². The molecule has 0 bridgehead atoms. The molecule has 7 heteroatoms. The first-order valence-corrected chi connectivity index (χ1v) is 17.3. The van der Waals surface area contributed by atoms with E-state index in [0.29, 0.717) is 17.0 Å². The molecule has 0 atom stereocenters. The predicted octanol–water partition coefficient (Wildman–Crippen LogP) is 11.3. The average Bonchev–Trinajstić information content (AvgIpc) is 3.15. The molecule has 4 heterocycles. The fourth-order valence-corrected chi connectivity index (χ4v) is 6.91. The summed E-state index contributed by atoms with van der Waals surface area (Å²) in [6, 6.07) is 48.6. The van der Waals surface area contributed by atoms with Crippen LogP contribution in [0.5, 0.6) is 5.75 Å². The standard InChI is InChI=1S/C46H36N5O.Pt/c1-29-20-34(21-30(2)48-29)36-24-38(26-39(25-36)51(46-18-9-10-19-47-46)44-16-11-13-33-12-5-6-14-40(33)44)42-27-37(35-22-31(3)49-32(4)23-35)28-43(50-42)41-15-7-8-17-45(41)52;/h5-25,27-28,52H,1-4H3;/q-1;. The quantitative estimate of drug-likeness (QED) is 0.161. The third-order valence-corrected chi connectivity index (χ3v) is 9.09. The van der Waals surface area contributed by atoms with Gasteiger partial charge < -0.3 is 10.0 Å². The largest absolute Gasteiger partial charge is 0.507 e. The van der Waals surface area contributed by atoms with Crippen LogP contribution in [0.4, 0.5) is 17.2 Å². The molecule has 0 saturated carbocycles. The van der Waals surface area contributed by atoms with Crippen LogP contribution in [0.3, 0.4) is 0 Å². The van der Waals surface area contributed by atoms with Crippen molar-refractivity contribution in [1.29, 1.82) is 0 Å². The maximum Gasteiger partial charge on any atom is 0.136 e. The van der Waals surface area contributed by atoms with Gasteiger partial charge >= 0.3 is 0 Å². The molecule has 0 fully saturated rings. The van der Waals surface area contributed by atoms with Crippen molar-refractivity contribution in [3.63, 3.8) is 0 Å². The van der Waals surface area contributed by atoms with E-state index in [1.807, 2.05) is 76.4 Å². The summed E-state index contributed by atoms with van der Waals surface area (Å²) in [5, 5.41) is 13.2. The molecule has 0 radical (unpaired) electrons. The van der Waals surface area contributed by atoms with E-state index in [1.165, 1.54) is 0 Å². The van der Waals surface area contributed by atoms with Gasteiger partial charge in [-0.3, -0.25) is 15.0 Å². The first-order valence-electron chi connectivity index (χ1n) is 17.3. The second kappa shape index (κ2) is 14.9. The van der Waals surface area contributed by atoms with Crippen molar-refractivity contribution in [3.05, 3.63) is 168 Å². The third kappa shape index (κ3) is 7.37. The van der Waals surface area contributed by atoms with E-state index in [9.17, 15) is 5.11 Å². The minimum Gasteiger partial charge on any atom is -0.507 e. The summed E-state index contributed by atoms with van der Waals surface area (Å²) in [6.07, 6.45) is 1.82. The Kier molecular flexibility index (Phi) is 9.99. The Hall–Kier alpha value is -5.97. The Morgan fingerprint density at radius 2 is 1.13 bits per heavy atom. The van der Waals surface area contributed by atoms with Gasteiger partial charge in [-0.2, -0.15) is 0 Å². The zero-order valence-electron chi connectivity index (χ0n) is 29.8. The first kappa shape index (κ1) is 35.4. The minimum atomic E-state index is 0. The summed E-state index contributed by atoms with van der Waals surface area (Å²) < 4.78 is 0. The summed E-state index contributed by atoms with van der Waals surface area (Å²) in [4.78, 5) is 21.5. The summed E-state index contributed by atoms with van der Waals surface area (Å²) in [5.41, 5.74) is 12.3. The SMILES string of the molecule is Cc1cc(-c2cc(-c3cc(-c4cc(C)nc(C)c4)cc(-c4ccccc4O)n3)[c-]c(N(c3ccccn3)c3cccc4ccccc34)c2)cc(C)n1.[Pt]. The maximum absolute atomic E-state index is 11.0. The monoisotopic (exact) mass is 869 g/mol. The van der Waals surface area contributed by atoms with Crippen LogP contribution in [0, 0.1) is 33.8 Å². The number of aromatic hydroxyl groups is 1. The number of pyridine rings is 4. The van der Waals surface area contributed by atoms with Crippen LogP contribution in [0.25, 0.3) is 55.5 Å². The molecule has 4 aromatic carbocycles. The van der Waals surface area contributed by atoms with Gasteiger partial charge in [0.1, 0.15) is 11.6 Å². The Morgan fingerprint density at radius 1 is 0.547 bits per heavy atom. The molecule has 8 rings (SSSR count). The average molecular weight is 870 g/mol. The molecule has 0 amide bonds. The summed E-state index contributed by atoms with van der Waals surface area (Å²) in [7, 11) is 0. The molecule has 0 aliphatic rings. The van der Waals surface area contributed by atoms with Gasteiger partial charge in [0.25, 0.3) is 0 Å². The fraction of sp³-hybridized carbons (Fsp3) is 0.0870. The van der Waals surface area contributed by atoms with Gasteiger partial charge in [0, 0.05) is 61.0 Å². The smallest absolute Gasteiger partial charge is 0.136 e. The number of benzene rings is 4. The molecule has 0 saturated heterocycles. The Morgan fingerprint density at radius 3 is 1.81 bits per heavy atom. The van der Waals surface area contributed by atoms with E-state index < -0.39 is 0 Å². The van der Waals surface area contributed by atoms with Crippen molar-refractivity contribution < 1.29 is 26.2 Å². The van der Waals surface area contributed by atoms with E-state index in [4.69, 9.17) is 9.97 Å². The molecule has 8 aromatic rings. The normalized spacial score (nSPS) is 10.9. The Balaban J connectivity index is 0.00000435. The molecule has 0 aliphatic carbocycles. The number of aromatic nitrogens is 4. The summed E-state index contributed by atoms with van der Waals surface area (Å²) >= 11 is 0. The van der Waals surface area contributed by atoms with Crippen LogP contribution in [0.1, 0.15) is 22.8 Å². The molecule has 0 aliphatic heterocycles. The van der Waals surface area contributed by atoms with E-state index in [-0.39, 0.29) is 26.8 Å². The number of para-hydroxylation sites is 1. The molecule has 0 spiro atoms. The summed E-state index contributed by atoms with van der Waals surface area (Å²) in [5.74, 6) is 0.929. The van der Waals surface area contributed by atoms with Crippen LogP contribution in [-0.2, 0) is 21.1 Å². The van der Waals surface area contributed by atoms with Gasteiger partial charge in [-0.15, -0.1) is 23.8 Å². The first-order chi connectivity index (χ1) is 25.3. The Labute approximate surface area is 324 Å². The van der Waals surface area contributed by atoms with Crippen molar-refractivity contribution in [2.75, 3.05) is 4.90 Å². The van der Waals surface area contributed by atoms with Gasteiger partial charge in [0.15, 0.2) is 0 Å². The zero-order chi connectivity index (χ0) is 35.8. The zero-order valence-corrected chi connectivity index (χ0v) is 32.1. The van der Waals surface area contributed by atoms with Gasteiger partial charge in [-0.1, -0.05) is 66.2 Å². The van der Waals surface area contributed by atoms with Crippen LogP contribution in [-0.4, -0.2) is 25.0 Å². The molecule has 1 N–H and O–H groups in total. The van der Waals surface area contributed by atoms with Crippen LogP contribution >= 0.6 is 0 Å². The van der Waals surface area contributed by atoms with Crippen LogP contribution in [0.15, 0.2) is 140 Å². The molecule has 0 unspecified atom stereocenters. The van der Waals surface area contributed by atoms with Gasteiger partial charge in [0.2, 0.25) is 0 Å². The van der Waals surface area contributed by atoms with Crippen molar-refractivity contribution in [2.45, 2.75) is 27.7 Å². The number of hydrogen-bond donors (Lipinski definition) is 1. The molecule has 4 aromatic heterocycles. The second-order valence-corrected chi connectivity index (χ2v) is 13.1. The molecular formula is C46H36N5OPt-. The van der Waals surface area contributed by atoms with E-state index in [0.717, 1.165) is 78.6 Å². The molecule has 262 valence electrons. The molecule has 6 nitrogen and oxygen atoms in total. The van der Waals surface area contributed by atoms with Crippen molar-refractivity contribution in [1.82, 2.24) is 19.9 Å². The third-order valence-electron chi connectivity index (χ3n) is 9.09. The molecular weight excluding hydrogens is 834 g/mol.